The molecule has 0 saturated carbocycles. The molecule has 0 spiro atoms. The van der Waals surface area contributed by atoms with Gasteiger partial charge < -0.3 is 20.5 Å². The van der Waals surface area contributed by atoms with Gasteiger partial charge in [0.05, 0.1) is 6.04 Å². The number of hydrogen-bond acceptors (Lipinski definition) is 4. The second kappa shape index (κ2) is 10.4. The Morgan fingerprint density at radius 2 is 1.59 bits per heavy atom. The molecule has 34 heavy (non-hydrogen) atoms. The molecule has 0 saturated heterocycles. The molecule has 2 aromatic rings. The van der Waals surface area contributed by atoms with Gasteiger partial charge in [0.15, 0.2) is 0 Å². The maximum Gasteiger partial charge on any atom is 0.407 e. The molecule has 0 aromatic heterocycles. The largest absolute Gasteiger partial charge is 0.481 e. The minimum atomic E-state index is -1.09. The van der Waals surface area contributed by atoms with Crippen LogP contribution in [0.3, 0.4) is 0 Å². The summed E-state index contributed by atoms with van der Waals surface area (Å²) < 4.78 is 5.51. The summed E-state index contributed by atoms with van der Waals surface area (Å²) in [5.41, 5.74) is 3.94. The number of amides is 2. The number of carbonyl (C=O) groups is 3. The number of alkyl carbamates (subject to hydrolysis) is 1. The molecule has 178 valence electrons. The lowest BCUT2D eigenvalue weighted by Gasteiger charge is -2.29. The summed E-state index contributed by atoms with van der Waals surface area (Å²) in [6.07, 6.45) is 4.38. The summed E-state index contributed by atoms with van der Waals surface area (Å²) in [5, 5.41) is 14.3. The van der Waals surface area contributed by atoms with E-state index >= 15 is 0 Å². The molecule has 7 heteroatoms. The van der Waals surface area contributed by atoms with Crippen LogP contribution >= 0.6 is 0 Å². The second-order valence-corrected chi connectivity index (χ2v) is 9.43. The van der Waals surface area contributed by atoms with Gasteiger partial charge in [0.2, 0.25) is 5.91 Å². The lowest BCUT2D eigenvalue weighted by molar-refractivity contribution is -0.137. The lowest BCUT2D eigenvalue weighted by atomic mass is 9.87. The summed E-state index contributed by atoms with van der Waals surface area (Å²) >= 11 is 0. The van der Waals surface area contributed by atoms with Gasteiger partial charge in [-0.15, -0.1) is 6.42 Å². The van der Waals surface area contributed by atoms with Crippen LogP contribution in [0.2, 0.25) is 0 Å². The normalized spacial score (nSPS) is 14.2. The van der Waals surface area contributed by atoms with Gasteiger partial charge >= 0.3 is 12.1 Å². The number of hydrogen-bond donors (Lipinski definition) is 3. The first-order valence-electron chi connectivity index (χ1n) is 11.2. The van der Waals surface area contributed by atoms with E-state index < -0.39 is 35.5 Å². The van der Waals surface area contributed by atoms with Gasteiger partial charge in [0, 0.05) is 12.3 Å². The van der Waals surface area contributed by atoms with E-state index in [1.165, 1.54) is 0 Å². The van der Waals surface area contributed by atoms with Crippen LogP contribution in [0.15, 0.2) is 48.5 Å². The molecule has 0 heterocycles. The van der Waals surface area contributed by atoms with Gasteiger partial charge in [0.1, 0.15) is 12.6 Å². The van der Waals surface area contributed by atoms with E-state index in [9.17, 15) is 14.4 Å². The maximum atomic E-state index is 12.8. The highest BCUT2D eigenvalue weighted by Gasteiger charge is 2.31. The standard InChI is InChI=1S/C27H30N2O5/c1-5-23(27(2,3)4)29-25(32)22(14-15-24(30)31)28-26(33)34-16-21-19-12-8-6-10-17(19)18-11-7-9-13-20(18)21/h1,6-13,21-23H,14-16H2,2-4H3,(H,28,33)(H,29,32)(H,30,31). The van der Waals surface area contributed by atoms with Crippen LogP contribution in [0.5, 0.6) is 0 Å². The summed E-state index contributed by atoms with van der Waals surface area (Å²) in [7, 11) is 0. The smallest absolute Gasteiger partial charge is 0.407 e. The van der Waals surface area contributed by atoms with Crippen LogP contribution in [0.25, 0.3) is 11.1 Å². The van der Waals surface area contributed by atoms with Crippen LogP contribution in [-0.4, -0.2) is 41.8 Å². The zero-order chi connectivity index (χ0) is 24.9. The molecule has 1 aliphatic carbocycles. The van der Waals surface area contributed by atoms with Gasteiger partial charge in [-0.05, 0) is 34.1 Å². The summed E-state index contributed by atoms with van der Waals surface area (Å²) in [4.78, 5) is 36.5. The highest BCUT2D eigenvalue weighted by Crippen LogP contribution is 2.44. The minimum absolute atomic E-state index is 0.0854. The molecule has 3 rings (SSSR count). The molecule has 0 fully saturated rings. The van der Waals surface area contributed by atoms with Crippen LogP contribution in [0.1, 0.15) is 50.7 Å². The van der Waals surface area contributed by atoms with E-state index in [1.807, 2.05) is 69.3 Å². The van der Waals surface area contributed by atoms with Gasteiger partial charge in [-0.3, -0.25) is 9.59 Å². The number of terminal acetylenes is 1. The van der Waals surface area contributed by atoms with Crippen LogP contribution in [0.4, 0.5) is 4.79 Å². The second-order valence-electron chi connectivity index (χ2n) is 9.43. The van der Waals surface area contributed by atoms with Crippen molar-refractivity contribution >= 4 is 18.0 Å². The Bertz CT molecular complexity index is 1070. The molecule has 2 amide bonds. The number of ether oxygens (including phenoxy) is 1. The van der Waals surface area contributed by atoms with E-state index in [0.29, 0.717) is 0 Å². The first-order chi connectivity index (χ1) is 16.1. The zero-order valence-corrected chi connectivity index (χ0v) is 19.6. The molecule has 3 N–H and O–H groups in total. The molecule has 2 unspecified atom stereocenters. The van der Waals surface area contributed by atoms with Crippen molar-refractivity contribution in [1.82, 2.24) is 10.6 Å². The van der Waals surface area contributed by atoms with Crippen molar-refractivity contribution in [3.05, 3.63) is 59.7 Å². The van der Waals surface area contributed by atoms with Gasteiger partial charge in [-0.25, -0.2) is 4.79 Å². The topological polar surface area (TPSA) is 105 Å². The molecular weight excluding hydrogens is 432 g/mol. The molecule has 2 atom stereocenters. The first-order valence-corrected chi connectivity index (χ1v) is 11.2. The molecular formula is C27H30N2O5. The first kappa shape index (κ1) is 24.8. The molecule has 7 nitrogen and oxygen atoms in total. The molecule has 0 bridgehead atoms. The number of carboxylic acid groups (broad SMARTS) is 1. The van der Waals surface area contributed by atoms with Crippen molar-refractivity contribution in [2.75, 3.05) is 6.61 Å². The number of fused-ring (bicyclic) bond motifs is 3. The fourth-order valence-electron chi connectivity index (χ4n) is 4.07. The predicted octanol–water partition coefficient (Wildman–Crippen LogP) is 3.92. The molecule has 0 radical (unpaired) electrons. The van der Waals surface area contributed by atoms with E-state index in [2.05, 4.69) is 16.6 Å². The monoisotopic (exact) mass is 462 g/mol. The van der Waals surface area contributed by atoms with Gasteiger partial charge in [-0.1, -0.05) is 75.2 Å². The van der Waals surface area contributed by atoms with E-state index in [1.54, 1.807) is 0 Å². The number of aliphatic carboxylic acids is 1. The molecule has 1 aliphatic rings. The van der Waals surface area contributed by atoms with Crippen molar-refractivity contribution in [1.29, 1.82) is 0 Å². The molecule has 0 aliphatic heterocycles. The van der Waals surface area contributed by atoms with Crippen molar-refractivity contribution < 1.29 is 24.2 Å². The third kappa shape index (κ3) is 5.76. The number of nitrogens with one attached hydrogen (secondary N) is 2. The third-order valence-corrected chi connectivity index (χ3v) is 5.92. The fourth-order valence-corrected chi connectivity index (χ4v) is 4.07. The Hall–Kier alpha value is -3.79. The maximum absolute atomic E-state index is 12.8. The van der Waals surface area contributed by atoms with E-state index in [0.717, 1.165) is 22.3 Å². The quantitative estimate of drug-likeness (QED) is 0.516. The SMILES string of the molecule is C#CC(NC(=O)C(CCC(=O)O)NC(=O)OCC1c2ccccc2-c2ccccc21)C(C)(C)C. The average Bonchev–Trinajstić information content (AvgIpc) is 3.11. The van der Waals surface area contributed by atoms with E-state index in [4.69, 9.17) is 16.3 Å². The van der Waals surface area contributed by atoms with Crippen LogP contribution in [-0.2, 0) is 14.3 Å². The Balaban J connectivity index is 1.68. The van der Waals surface area contributed by atoms with Crippen molar-refractivity contribution in [3.8, 4) is 23.5 Å². The summed E-state index contributed by atoms with van der Waals surface area (Å²) in [6.45, 7) is 5.72. The summed E-state index contributed by atoms with van der Waals surface area (Å²) in [6, 6.07) is 14.3. The lowest BCUT2D eigenvalue weighted by Crippen LogP contribution is -2.52. The number of benzene rings is 2. The van der Waals surface area contributed by atoms with Gasteiger partial charge in [0.25, 0.3) is 0 Å². The third-order valence-electron chi connectivity index (χ3n) is 5.92. The average molecular weight is 463 g/mol. The molecule has 2 aromatic carbocycles. The highest BCUT2D eigenvalue weighted by atomic mass is 16.5. The number of rotatable bonds is 8. The van der Waals surface area contributed by atoms with Crippen LogP contribution in [0, 0.1) is 17.8 Å². The Morgan fingerprint density at radius 1 is 1.03 bits per heavy atom. The Kier molecular flexibility index (Phi) is 7.62. The van der Waals surface area contributed by atoms with Crippen molar-refractivity contribution in [2.45, 2.75) is 51.6 Å². The fraction of sp³-hybridized carbons (Fsp3) is 0.370. The Labute approximate surface area is 199 Å². The van der Waals surface area contributed by atoms with Crippen molar-refractivity contribution in [2.24, 2.45) is 5.41 Å². The zero-order valence-electron chi connectivity index (χ0n) is 19.6. The number of carbonyl (C=O) groups excluding carboxylic acids is 2. The highest BCUT2D eigenvalue weighted by molar-refractivity contribution is 5.86. The Morgan fingerprint density at radius 3 is 2.09 bits per heavy atom. The van der Waals surface area contributed by atoms with Gasteiger partial charge in [-0.2, -0.15) is 0 Å². The van der Waals surface area contributed by atoms with Crippen molar-refractivity contribution in [3.63, 3.8) is 0 Å². The summed E-state index contributed by atoms with van der Waals surface area (Å²) in [5.74, 6) is 0.785. The minimum Gasteiger partial charge on any atom is -0.481 e. The van der Waals surface area contributed by atoms with E-state index in [-0.39, 0.29) is 25.4 Å². The van der Waals surface area contributed by atoms with Crippen LogP contribution < -0.4 is 10.6 Å². The predicted molar refractivity (Wildman–Crippen MR) is 129 cm³/mol. The number of carboxylic acids is 1.